The second-order valence-electron chi connectivity index (χ2n) is 7.34. The molecule has 0 aromatic carbocycles. The largest absolute Gasteiger partial charge is 0.316 e. The van der Waals surface area contributed by atoms with Crippen molar-refractivity contribution in [2.75, 3.05) is 0 Å². The summed E-state index contributed by atoms with van der Waals surface area (Å²) in [5.41, 5.74) is 0.305. The molecule has 1 unspecified atom stereocenters. The Morgan fingerprint density at radius 1 is 1.00 bits per heavy atom. The van der Waals surface area contributed by atoms with Gasteiger partial charge in [-0.15, -0.1) is 0 Å². The number of aliphatic imine (C=N–C) groups is 1. The smallest absolute Gasteiger partial charge is 0.288 e. The van der Waals surface area contributed by atoms with Crippen molar-refractivity contribution < 1.29 is 9.59 Å². The number of rotatable bonds is 2. The minimum atomic E-state index is -0.596. The molecule has 5 heteroatoms. The Morgan fingerprint density at radius 3 is 1.90 bits per heavy atom. The second kappa shape index (κ2) is 4.06. The number of carbonyl (C=O) groups is 2. The molecule has 4 bridgehead atoms. The van der Waals surface area contributed by atoms with E-state index >= 15 is 0 Å². The van der Waals surface area contributed by atoms with E-state index in [0.29, 0.717) is 11.4 Å². The number of hydrogen-bond acceptors (Lipinski definition) is 3. The number of guanidine groups is 1. The lowest BCUT2D eigenvalue weighted by Gasteiger charge is -2.58. The van der Waals surface area contributed by atoms with Crippen molar-refractivity contribution in [3.05, 3.63) is 0 Å². The van der Waals surface area contributed by atoms with Crippen molar-refractivity contribution in [3.63, 3.8) is 0 Å². The highest BCUT2D eigenvalue weighted by molar-refractivity contribution is 6.45. The monoisotopic (exact) mass is 275 g/mol. The average Bonchev–Trinajstić information content (AvgIpc) is 2.66. The molecule has 5 rings (SSSR count). The Hall–Kier alpha value is -1.39. The number of hydrogen-bond donors (Lipinski definition) is 2. The van der Waals surface area contributed by atoms with E-state index in [1.165, 1.54) is 38.5 Å². The fraction of sp³-hybridized carbons (Fsp3) is 0.800. The van der Waals surface area contributed by atoms with E-state index in [1.807, 2.05) is 0 Å². The van der Waals surface area contributed by atoms with Crippen LogP contribution < -0.4 is 10.6 Å². The maximum Gasteiger partial charge on any atom is 0.316 e. The summed E-state index contributed by atoms with van der Waals surface area (Å²) in [5, 5.41) is 5.03. The normalized spacial score (nSPS) is 43.5. The van der Waals surface area contributed by atoms with Crippen molar-refractivity contribution in [2.24, 2.45) is 28.2 Å². The van der Waals surface area contributed by atoms with Crippen molar-refractivity contribution in [3.8, 4) is 0 Å². The molecule has 2 N–H and O–H groups in total. The molecule has 2 amide bonds. The standard InChI is InChI=1S/C15H21N3O2/c1-8(16-14-17-12(19)13(20)18-14)15-5-9-2-10(6-15)4-11(3-9)7-15/h8-11H,2-7H2,1H3,(H2,16,17,18,19,20). The molecule has 0 radical (unpaired) electrons. The van der Waals surface area contributed by atoms with Crippen molar-refractivity contribution >= 4 is 17.8 Å². The predicted molar refractivity (Wildman–Crippen MR) is 73.8 cm³/mol. The highest BCUT2D eigenvalue weighted by atomic mass is 16.2. The maximum atomic E-state index is 11.2. The minimum absolute atomic E-state index is 0.171. The highest BCUT2D eigenvalue weighted by Crippen LogP contribution is 2.61. The van der Waals surface area contributed by atoms with Crippen LogP contribution in [0.4, 0.5) is 0 Å². The summed E-state index contributed by atoms with van der Waals surface area (Å²) in [5.74, 6) is 1.82. The zero-order valence-corrected chi connectivity index (χ0v) is 11.8. The fourth-order valence-corrected chi connectivity index (χ4v) is 5.44. The van der Waals surface area contributed by atoms with Gasteiger partial charge >= 0.3 is 11.8 Å². The number of nitrogens with one attached hydrogen (secondary N) is 2. The van der Waals surface area contributed by atoms with Gasteiger partial charge in [0.25, 0.3) is 0 Å². The second-order valence-corrected chi connectivity index (χ2v) is 7.34. The predicted octanol–water partition coefficient (Wildman–Crippen LogP) is 1.19. The molecule has 20 heavy (non-hydrogen) atoms. The summed E-state index contributed by atoms with van der Waals surface area (Å²) >= 11 is 0. The summed E-state index contributed by atoms with van der Waals surface area (Å²) in [6, 6.07) is 0.171. The molecule has 4 aliphatic carbocycles. The van der Waals surface area contributed by atoms with Gasteiger partial charge < -0.3 is 0 Å². The van der Waals surface area contributed by atoms with Gasteiger partial charge in [-0.3, -0.25) is 20.2 Å². The van der Waals surface area contributed by atoms with Crippen molar-refractivity contribution in [2.45, 2.75) is 51.5 Å². The Morgan fingerprint density at radius 2 is 1.45 bits per heavy atom. The third-order valence-electron chi connectivity index (χ3n) is 5.96. The van der Waals surface area contributed by atoms with Gasteiger partial charge in [0.2, 0.25) is 5.96 Å². The van der Waals surface area contributed by atoms with Crippen molar-refractivity contribution in [1.29, 1.82) is 0 Å². The van der Waals surface area contributed by atoms with E-state index in [1.54, 1.807) is 0 Å². The van der Waals surface area contributed by atoms with Crippen molar-refractivity contribution in [1.82, 2.24) is 10.6 Å². The van der Waals surface area contributed by atoms with Gasteiger partial charge in [0.15, 0.2) is 0 Å². The summed E-state index contributed by atoms with van der Waals surface area (Å²) in [6.45, 7) is 2.15. The van der Waals surface area contributed by atoms with E-state index in [0.717, 1.165) is 17.8 Å². The van der Waals surface area contributed by atoms with Gasteiger partial charge in [0.05, 0.1) is 6.04 Å². The van der Waals surface area contributed by atoms with Crippen LogP contribution in [0.3, 0.4) is 0 Å². The molecule has 1 atom stereocenters. The SMILES string of the molecule is CC(N=C1NC(=O)C(=O)N1)C12CC3CC(CC(C3)C1)C2. The average molecular weight is 275 g/mol. The molecular weight excluding hydrogens is 254 g/mol. The molecular formula is C15H21N3O2. The van der Waals surface area contributed by atoms with Crippen LogP contribution >= 0.6 is 0 Å². The number of carbonyl (C=O) groups excluding carboxylic acids is 2. The first-order chi connectivity index (χ1) is 9.54. The molecule has 5 fully saturated rings. The zero-order chi connectivity index (χ0) is 13.9. The molecule has 5 aliphatic rings. The fourth-order valence-electron chi connectivity index (χ4n) is 5.44. The lowest BCUT2D eigenvalue weighted by atomic mass is 9.48. The van der Waals surface area contributed by atoms with Crippen LogP contribution in [-0.2, 0) is 9.59 Å². The van der Waals surface area contributed by atoms with Gasteiger partial charge in [-0.1, -0.05) is 0 Å². The summed E-state index contributed by atoms with van der Waals surface area (Å²) in [4.78, 5) is 27.0. The topological polar surface area (TPSA) is 70.6 Å². The first-order valence-electron chi connectivity index (χ1n) is 7.74. The van der Waals surface area contributed by atoms with Crippen LogP contribution in [0.15, 0.2) is 4.99 Å². The molecule has 1 saturated heterocycles. The zero-order valence-electron chi connectivity index (χ0n) is 11.8. The lowest BCUT2D eigenvalue weighted by molar-refractivity contribution is -0.135. The van der Waals surface area contributed by atoms with E-state index in [2.05, 4.69) is 22.5 Å². The van der Waals surface area contributed by atoms with Gasteiger partial charge in [0, 0.05) is 0 Å². The molecule has 0 aromatic rings. The van der Waals surface area contributed by atoms with Crippen LogP contribution in [0, 0.1) is 23.2 Å². The molecule has 0 spiro atoms. The van der Waals surface area contributed by atoms with Gasteiger partial charge in [0.1, 0.15) is 0 Å². The van der Waals surface area contributed by atoms with Crippen LogP contribution in [-0.4, -0.2) is 23.8 Å². The quantitative estimate of drug-likeness (QED) is 0.743. The van der Waals surface area contributed by atoms with E-state index in [4.69, 9.17) is 0 Å². The van der Waals surface area contributed by atoms with Crippen LogP contribution in [0.25, 0.3) is 0 Å². The first kappa shape index (κ1) is 12.4. The molecule has 1 aliphatic heterocycles. The van der Waals surface area contributed by atoms with Crippen LogP contribution in [0.1, 0.15) is 45.4 Å². The third-order valence-corrected chi connectivity index (χ3v) is 5.96. The molecule has 0 aromatic heterocycles. The number of amides is 2. The maximum absolute atomic E-state index is 11.2. The van der Waals surface area contributed by atoms with Gasteiger partial charge in [-0.05, 0) is 68.6 Å². The Balaban J connectivity index is 1.56. The third kappa shape index (κ3) is 1.79. The van der Waals surface area contributed by atoms with Crippen LogP contribution in [0.5, 0.6) is 0 Å². The summed E-state index contributed by atoms with van der Waals surface area (Å²) in [7, 11) is 0. The Bertz CT molecular complexity index is 458. The molecule has 1 heterocycles. The molecule has 4 saturated carbocycles. The summed E-state index contributed by atoms with van der Waals surface area (Å²) < 4.78 is 0. The number of nitrogens with zero attached hydrogens (tertiary/aromatic N) is 1. The Kier molecular flexibility index (Phi) is 2.51. The minimum Gasteiger partial charge on any atom is -0.288 e. The van der Waals surface area contributed by atoms with Crippen LogP contribution in [0.2, 0.25) is 0 Å². The lowest BCUT2D eigenvalue weighted by Crippen LogP contribution is -2.51. The highest BCUT2D eigenvalue weighted by Gasteiger charge is 2.53. The van der Waals surface area contributed by atoms with E-state index < -0.39 is 11.8 Å². The van der Waals surface area contributed by atoms with Gasteiger partial charge in [-0.2, -0.15) is 0 Å². The molecule has 5 nitrogen and oxygen atoms in total. The van der Waals surface area contributed by atoms with E-state index in [-0.39, 0.29) is 6.04 Å². The van der Waals surface area contributed by atoms with Gasteiger partial charge in [-0.25, -0.2) is 4.99 Å². The van der Waals surface area contributed by atoms with E-state index in [9.17, 15) is 9.59 Å². The Labute approximate surface area is 118 Å². The molecule has 108 valence electrons. The first-order valence-corrected chi connectivity index (χ1v) is 7.74. The summed E-state index contributed by atoms with van der Waals surface area (Å²) in [6.07, 6.45) is 8.07.